The minimum Gasteiger partial charge on any atom is -1.00 e. The number of nitrogens with one attached hydrogen (secondary N) is 1. The summed E-state index contributed by atoms with van der Waals surface area (Å²) in [4.78, 5) is 12.2. The number of carbonyl (C=O) groups is 1. The van der Waals surface area contributed by atoms with Gasteiger partial charge in [-0.3, -0.25) is 4.79 Å². The number of hydrogen-bond donors (Lipinski definition) is 2. The van der Waals surface area contributed by atoms with Gasteiger partial charge in [-0.15, -0.1) is 0 Å². The van der Waals surface area contributed by atoms with Crippen molar-refractivity contribution >= 4 is 5.91 Å². The second-order valence-electron chi connectivity index (χ2n) is 10.9. The third-order valence-electron chi connectivity index (χ3n) is 7.92. The van der Waals surface area contributed by atoms with Gasteiger partial charge in [0.15, 0.2) is 0 Å². The molecule has 1 rings (SSSR count). The second kappa shape index (κ2) is 24.0. The number of amides is 1. The van der Waals surface area contributed by atoms with Crippen molar-refractivity contribution in [3.8, 4) is 0 Å². The zero-order valence-electron chi connectivity index (χ0n) is 24.5. The first-order valence-corrected chi connectivity index (χ1v) is 15.4. The van der Waals surface area contributed by atoms with Crippen LogP contribution in [0.25, 0.3) is 0 Å². The number of hydrogen-bond acceptors (Lipinski definition) is 2. The predicted molar refractivity (Wildman–Crippen MR) is 155 cm³/mol. The van der Waals surface area contributed by atoms with Crippen molar-refractivity contribution in [2.75, 3.05) is 26.2 Å². The zero-order chi connectivity index (χ0) is 26.3. The topological polar surface area (TPSA) is 49.3 Å². The Morgan fingerprint density at radius 3 is 1.89 bits per heavy atom. The molecule has 0 bridgehead atoms. The summed E-state index contributed by atoms with van der Waals surface area (Å²) in [7, 11) is 0. The molecular formula is C32H59ClN2O2. The molecule has 1 amide bonds. The normalized spacial score (nSPS) is 12.2. The SMILES string of the molecule is CCCCCCC(O)CCCCCCCCCCC(=O)NCCC[N+](CC)(CC)Cc1ccccc1.[Cl-]. The molecule has 37 heavy (non-hydrogen) atoms. The standard InChI is InChI=1S/C32H58N2O2.ClH/c1-4-7-8-18-24-31(35)25-19-13-11-9-10-12-14-20-26-32(36)33-27-21-28-34(5-2,6-3)29-30-22-16-15-17-23-30;/h15-17,22-23,31,35H,4-14,18-21,24-29H2,1-3H3;1H. The van der Waals surface area contributed by atoms with E-state index >= 15 is 0 Å². The molecule has 0 aliphatic rings. The Hall–Kier alpha value is -1.10. The minimum atomic E-state index is -0.0813. The zero-order valence-corrected chi connectivity index (χ0v) is 25.2. The van der Waals surface area contributed by atoms with Crippen LogP contribution in [0.3, 0.4) is 0 Å². The van der Waals surface area contributed by atoms with Gasteiger partial charge in [0.05, 0.1) is 25.7 Å². The molecule has 0 aromatic heterocycles. The number of aliphatic hydroxyl groups excluding tert-OH is 1. The molecule has 0 aliphatic heterocycles. The molecular weight excluding hydrogens is 480 g/mol. The molecule has 0 saturated carbocycles. The van der Waals surface area contributed by atoms with E-state index in [-0.39, 0.29) is 24.4 Å². The molecule has 0 heterocycles. The fourth-order valence-electron chi connectivity index (χ4n) is 5.22. The Morgan fingerprint density at radius 1 is 0.784 bits per heavy atom. The lowest BCUT2D eigenvalue weighted by Gasteiger charge is -2.37. The summed E-state index contributed by atoms with van der Waals surface area (Å²) in [5, 5.41) is 13.2. The van der Waals surface area contributed by atoms with Crippen LogP contribution in [0.15, 0.2) is 30.3 Å². The molecule has 0 saturated heterocycles. The van der Waals surface area contributed by atoms with Crippen LogP contribution in [0.2, 0.25) is 0 Å². The number of carbonyl (C=O) groups excluding carboxylic acids is 1. The number of nitrogens with zero attached hydrogens (tertiary/aromatic N) is 1. The molecule has 1 atom stereocenters. The molecule has 0 fully saturated rings. The number of rotatable bonds is 24. The Bertz CT molecular complexity index is 637. The average molecular weight is 539 g/mol. The van der Waals surface area contributed by atoms with Crippen LogP contribution in [0.1, 0.15) is 129 Å². The number of halogens is 1. The first-order valence-electron chi connectivity index (χ1n) is 15.4. The van der Waals surface area contributed by atoms with E-state index in [1.165, 1.54) is 63.4 Å². The van der Waals surface area contributed by atoms with Gasteiger partial charge in [0.25, 0.3) is 0 Å². The van der Waals surface area contributed by atoms with Gasteiger partial charge >= 0.3 is 0 Å². The lowest BCUT2D eigenvalue weighted by atomic mass is 10.0. The van der Waals surface area contributed by atoms with E-state index in [1.807, 2.05) is 0 Å². The molecule has 5 heteroatoms. The van der Waals surface area contributed by atoms with Crippen LogP contribution in [-0.2, 0) is 11.3 Å². The fraction of sp³-hybridized carbons (Fsp3) is 0.781. The molecule has 0 spiro atoms. The Labute approximate surface area is 236 Å². The molecule has 1 aromatic carbocycles. The van der Waals surface area contributed by atoms with Crippen LogP contribution >= 0.6 is 0 Å². The Kier molecular flexibility index (Phi) is 23.3. The van der Waals surface area contributed by atoms with E-state index in [1.54, 1.807) is 0 Å². The maximum Gasteiger partial charge on any atom is 0.219 e. The van der Waals surface area contributed by atoms with Gasteiger partial charge in [0.1, 0.15) is 6.54 Å². The van der Waals surface area contributed by atoms with Crippen molar-refractivity contribution in [1.82, 2.24) is 5.32 Å². The third kappa shape index (κ3) is 18.7. The van der Waals surface area contributed by atoms with Crippen LogP contribution in [0.4, 0.5) is 0 Å². The monoisotopic (exact) mass is 538 g/mol. The van der Waals surface area contributed by atoms with Gasteiger partial charge in [0.2, 0.25) is 5.91 Å². The van der Waals surface area contributed by atoms with E-state index in [2.05, 4.69) is 56.4 Å². The van der Waals surface area contributed by atoms with Crippen LogP contribution in [0, 0.1) is 0 Å². The van der Waals surface area contributed by atoms with Crippen molar-refractivity contribution in [2.24, 2.45) is 0 Å². The highest BCUT2D eigenvalue weighted by Crippen LogP contribution is 2.16. The highest BCUT2D eigenvalue weighted by Gasteiger charge is 2.23. The molecule has 4 nitrogen and oxygen atoms in total. The first kappa shape index (κ1) is 35.9. The summed E-state index contributed by atoms with van der Waals surface area (Å²) >= 11 is 0. The van der Waals surface area contributed by atoms with Crippen LogP contribution < -0.4 is 17.7 Å². The second-order valence-corrected chi connectivity index (χ2v) is 10.9. The van der Waals surface area contributed by atoms with E-state index in [0.29, 0.717) is 6.42 Å². The quantitative estimate of drug-likeness (QED) is 0.147. The number of quaternary nitrogens is 1. The Morgan fingerprint density at radius 2 is 1.32 bits per heavy atom. The van der Waals surface area contributed by atoms with Crippen molar-refractivity contribution in [1.29, 1.82) is 0 Å². The van der Waals surface area contributed by atoms with Crippen molar-refractivity contribution < 1.29 is 26.8 Å². The molecule has 0 aliphatic carbocycles. The fourth-order valence-corrected chi connectivity index (χ4v) is 5.22. The van der Waals surface area contributed by atoms with Gasteiger partial charge in [0, 0.05) is 24.9 Å². The van der Waals surface area contributed by atoms with Crippen LogP contribution in [-0.4, -0.2) is 47.8 Å². The van der Waals surface area contributed by atoms with Gasteiger partial charge in [-0.1, -0.05) is 108 Å². The third-order valence-corrected chi connectivity index (χ3v) is 7.92. The van der Waals surface area contributed by atoms with E-state index < -0.39 is 0 Å². The highest BCUT2D eigenvalue weighted by molar-refractivity contribution is 5.75. The number of benzene rings is 1. The highest BCUT2D eigenvalue weighted by atomic mass is 35.5. The summed E-state index contributed by atoms with van der Waals surface area (Å²) in [6.45, 7) is 12.0. The maximum absolute atomic E-state index is 12.2. The maximum atomic E-state index is 12.2. The largest absolute Gasteiger partial charge is 1.00 e. The summed E-state index contributed by atoms with van der Waals surface area (Å²) < 4.78 is 1.08. The number of unbranched alkanes of at least 4 members (excludes halogenated alkanes) is 10. The van der Waals surface area contributed by atoms with Gasteiger partial charge in [-0.05, 0) is 33.1 Å². The first-order chi connectivity index (χ1) is 17.5. The van der Waals surface area contributed by atoms with Gasteiger partial charge in [-0.25, -0.2) is 0 Å². The summed E-state index contributed by atoms with van der Waals surface area (Å²) in [6, 6.07) is 10.8. The van der Waals surface area contributed by atoms with Gasteiger partial charge in [-0.2, -0.15) is 0 Å². The molecule has 216 valence electrons. The average Bonchev–Trinajstić information content (AvgIpc) is 2.90. The van der Waals surface area contributed by atoms with Crippen LogP contribution in [0.5, 0.6) is 0 Å². The molecule has 1 unspecified atom stereocenters. The Balaban J connectivity index is 0.0000130. The summed E-state index contributed by atoms with van der Waals surface area (Å²) in [5.74, 6) is 0.220. The van der Waals surface area contributed by atoms with Gasteiger partial charge < -0.3 is 27.3 Å². The molecule has 0 radical (unpaired) electrons. The molecule has 2 N–H and O–H groups in total. The summed E-state index contributed by atoms with van der Waals surface area (Å²) in [5.41, 5.74) is 1.40. The predicted octanol–water partition coefficient (Wildman–Crippen LogP) is 4.79. The minimum absolute atomic E-state index is 0. The van der Waals surface area contributed by atoms with E-state index in [0.717, 1.165) is 75.7 Å². The van der Waals surface area contributed by atoms with E-state index in [9.17, 15) is 9.90 Å². The lowest BCUT2D eigenvalue weighted by molar-refractivity contribution is -0.937. The smallest absolute Gasteiger partial charge is 0.219 e. The summed E-state index contributed by atoms with van der Waals surface area (Å²) in [6.07, 6.45) is 18.2. The van der Waals surface area contributed by atoms with Crippen molar-refractivity contribution in [3.63, 3.8) is 0 Å². The van der Waals surface area contributed by atoms with E-state index in [4.69, 9.17) is 0 Å². The number of aliphatic hydroxyl groups is 1. The molecule has 1 aromatic rings. The van der Waals surface area contributed by atoms with Crippen molar-refractivity contribution in [3.05, 3.63) is 35.9 Å². The lowest BCUT2D eigenvalue weighted by Crippen LogP contribution is -3.00. The van der Waals surface area contributed by atoms with Crippen molar-refractivity contribution in [2.45, 2.75) is 136 Å².